The van der Waals surface area contributed by atoms with E-state index in [-0.39, 0.29) is 42.1 Å². The summed E-state index contributed by atoms with van der Waals surface area (Å²) < 4.78 is 24.6. The van der Waals surface area contributed by atoms with Crippen molar-refractivity contribution in [2.45, 2.75) is 0 Å². The van der Waals surface area contributed by atoms with Crippen LogP contribution in [-0.4, -0.2) is 43.0 Å². The number of para-hydroxylation sites is 8. The van der Waals surface area contributed by atoms with Gasteiger partial charge in [-0.3, -0.25) is 14.0 Å². The van der Waals surface area contributed by atoms with Crippen molar-refractivity contribution in [3.05, 3.63) is 298 Å². The molecule has 18 rings (SSSR count). The number of aromatic nitrogens is 9. The molecule has 0 atom stereocenters. The summed E-state index contributed by atoms with van der Waals surface area (Å²) in [5.41, 5.74) is 15.0. The van der Waals surface area contributed by atoms with Crippen molar-refractivity contribution in [3.8, 4) is 57.1 Å². The van der Waals surface area contributed by atoms with Gasteiger partial charge in [-0.2, -0.15) is 51.3 Å². The molecule has 16 aromatic rings. The van der Waals surface area contributed by atoms with Gasteiger partial charge in [0, 0.05) is 66.5 Å². The van der Waals surface area contributed by atoms with E-state index in [2.05, 4.69) is 170 Å². The van der Waals surface area contributed by atoms with Gasteiger partial charge in [-0.25, -0.2) is 0 Å². The van der Waals surface area contributed by atoms with E-state index in [0.29, 0.717) is 5.75 Å². The third-order valence-corrected chi connectivity index (χ3v) is 15.7. The van der Waals surface area contributed by atoms with Crippen molar-refractivity contribution < 1.29 is 51.6 Å². The predicted octanol–water partition coefficient (Wildman–Crippen LogP) is 17.1. The summed E-state index contributed by atoms with van der Waals surface area (Å²) in [6.45, 7) is 0. The standard InChI is InChI=1S/C37H22N5O.C36H22N6O.2Pt/c1-3-14-32-30(12-1)31-13-2-4-15-33(31)42(32)29-24-38-40(25-29)27-10-9-11-28(22-27)41-34-16-5-6-17-36(34)43-37-19-18-26(23-35(37)41)39-20-7-8-21-39;1-3-13-31-29(11-1)30-12-2-4-14-32(30)42(31)28-23-38-40(24-28)26-17-18-36-34(22-26)41(33-15-5-6-16-35(33)43-36)27-10-7-9-25(21-27)39-20-8-19-37-39;;/h1-20,24-25H;1-20,23-24H;;/q-3;-2;;+2. The van der Waals surface area contributed by atoms with E-state index in [9.17, 15) is 0 Å². The maximum Gasteiger partial charge on any atom is 2.00 e. The molecule has 0 fully saturated rings. The molecule has 0 N–H and O–H groups in total. The third kappa shape index (κ3) is 9.13. The minimum atomic E-state index is 0. The SMILES string of the molecule is [Pt+2].[Pt].[c-]1c(N2c3[c-]c(-n4[c-]ccc4)ccc3Oc3ccccc32)cccc1-n1cc(-n2c3ccccc3c3ccccc32)cn1.[c-]1c(N2c3[c-]c(-n4cc(-n5c6ccccc6c6ccccc65)cn4)ccc3Oc3ccccc32)cccc1-n1cccn1. The molecule has 0 amide bonds. The average molecular weight is 1500 g/mol. The third-order valence-electron chi connectivity index (χ3n) is 15.7. The van der Waals surface area contributed by atoms with Crippen LogP contribution in [0.1, 0.15) is 0 Å². The number of benzene rings is 10. The van der Waals surface area contributed by atoms with Crippen LogP contribution in [0, 0.1) is 30.5 Å². The summed E-state index contributed by atoms with van der Waals surface area (Å²) >= 11 is 0. The second-order valence-electron chi connectivity index (χ2n) is 20.7. The van der Waals surface area contributed by atoms with Crippen LogP contribution in [-0.2, 0) is 42.1 Å². The summed E-state index contributed by atoms with van der Waals surface area (Å²) in [5.74, 6) is 2.97. The van der Waals surface area contributed by atoms with E-state index < -0.39 is 0 Å². The first-order valence-electron chi connectivity index (χ1n) is 28.1. The van der Waals surface area contributed by atoms with Gasteiger partial charge in [-0.1, -0.05) is 115 Å². The molecule has 10 aromatic carbocycles. The second kappa shape index (κ2) is 22.3. The normalized spacial score (nSPS) is 12.0. The van der Waals surface area contributed by atoms with Crippen molar-refractivity contribution >= 4 is 77.7 Å². The Bertz CT molecular complexity index is 5110. The number of nitrogens with zero attached hydrogens (tertiary/aromatic N) is 11. The van der Waals surface area contributed by atoms with E-state index in [1.807, 2.05) is 160 Å². The number of fused-ring (bicyclic) bond motifs is 10. The Kier molecular flexibility index (Phi) is 13.7. The smallest absolute Gasteiger partial charge is 0.513 e. The summed E-state index contributed by atoms with van der Waals surface area (Å²) in [4.78, 5) is 4.27. The van der Waals surface area contributed by atoms with Crippen LogP contribution < -0.4 is 19.3 Å². The van der Waals surface area contributed by atoms with E-state index in [1.165, 1.54) is 21.5 Å². The molecule has 8 heterocycles. The molecule has 426 valence electrons. The Labute approximate surface area is 533 Å². The summed E-state index contributed by atoms with van der Waals surface area (Å²) in [6.07, 6.45) is 16.7. The zero-order chi connectivity index (χ0) is 56.7. The largest absolute Gasteiger partial charge is 2.00 e. The Morgan fingerprint density at radius 2 is 0.773 bits per heavy atom. The Balaban J connectivity index is 0.000000144. The fraction of sp³-hybridized carbons (Fsp3) is 0. The predicted molar refractivity (Wildman–Crippen MR) is 336 cm³/mol. The van der Waals surface area contributed by atoms with Gasteiger partial charge in [0.25, 0.3) is 0 Å². The van der Waals surface area contributed by atoms with Crippen LogP contribution in [0.2, 0.25) is 0 Å². The first-order chi connectivity index (χ1) is 42.6. The molecule has 0 radical (unpaired) electrons. The number of anilines is 6. The minimum absolute atomic E-state index is 0. The zero-order valence-corrected chi connectivity index (χ0v) is 50.8. The van der Waals surface area contributed by atoms with E-state index >= 15 is 0 Å². The van der Waals surface area contributed by atoms with Crippen molar-refractivity contribution in [3.63, 3.8) is 0 Å². The molecule has 2 aliphatic heterocycles. The maximum absolute atomic E-state index is 6.34. The molecule has 6 aromatic heterocycles. The number of rotatable bonds is 8. The zero-order valence-electron chi connectivity index (χ0n) is 46.3. The molecule has 13 nitrogen and oxygen atoms in total. The molecule has 0 spiro atoms. The van der Waals surface area contributed by atoms with Crippen LogP contribution in [0.25, 0.3) is 77.7 Å². The minimum Gasteiger partial charge on any atom is -0.513 e. The molecular weight excluding hydrogens is 1450 g/mol. The van der Waals surface area contributed by atoms with Gasteiger partial charge in [0.2, 0.25) is 0 Å². The molecule has 0 aliphatic carbocycles. The van der Waals surface area contributed by atoms with Gasteiger partial charge in [0.1, 0.15) is 11.5 Å². The fourth-order valence-corrected chi connectivity index (χ4v) is 11.9. The molecule has 0 saturated heterocycles. The van der Waals surface area contributed by atoms with Crippen LogP contribution in [0.5, 0.6) is 23.0 Å². The average Bonchev–Trinajstić information content (AvgIpc) is 1.16. The number of ether oxygens (including phenoxy) is 2. The summed E-state index contributed by atoms with van der Waals surface area (Å²) in [6, 6.07) is 90.1. The number of hydrogen-bond acceptors (Lipinski definition) is 7. The molecular formula is C73H44N11O2Pt2-3. The quantitative estimate of drug-likeness (QED) is 0.140. The number of hydrogen-bond donors (Lipinski definition) is 0. The first kappa shape index (κ1) is 54.0. The van der Waals surface area contributed by atoms with Gasteiger partial charge in [0.15, 0.2) is 0 Å². The van der Waals surface area contributed by atoms with Crippen molar-refractivity contribution in [2.75, 3.05) is 9.80 Å². The van der Waals surface area contributed by atoms with Gasteiger partial charge in [-0.15, -0.1) is 72.9 Å². The van der Waals surface area contributed by atoms with Crippen molar-refractivity contribution in [1.82, 2.24) is 43.0 Å². The van der Waals surface area contributed by atoms with Gasteiger partial charge in [0.05, 0.1) is 69.6 Å². The molecule has 15 heteroatoms. The fourth-order valence-electron chi connectivity index (χ4n) is 11.9. The topological polar surface area (TPSA) is 93.2 Å². The van der Waals surface area contributed by atoms with Crippen LogP contribution in [0.3, 0.4) is 0 Å². The van der Waals surface area contributed by atoms with E-state index in [4.69, 9.17) is 19.7 Å². The molecule has 0 bridgehead atoms. The first-order valence-corrected chi connectivity index (χ1v) is 28.1. The molecule has 0 unspecified atom stereocenters. The van der Waals surface area contributed by atoms with Crippen LogP contribution in [0.4, 0.5) is 34.1 Å². The Hall–Kier alpha value is -10.7. The van der Waals surface area contributed by atoms with Crippen LogP contribution in [0.15, 0.2) is 268 Å². The van der Waals surface area contributed by atoms with Gasteiger partial charge >= 0.3 is 21.1 Å². The van der Waals surface area contributed by atoms with Gasteiger partial charge in [-0.05, 0) is 83.0 Å². The monoisotopic (exact) mass is 1500 g/mol. The summed E-state index contributed by atoms with van der Waals surface area (Å²) in [5, 5.41) is 18.8. The van der Waals surface area contributed by atoms with E-state index in [1.54, 1.807) is 10.9 Å². The maximum atomic E-state index is 6.34. The Morgan fingerprint density at radius 1 is 0.341 bits per heavy atom. The van der Waals surface area contributed by atoms with Crippen molar-refractivity contribution in [1.29, 1.82) is 0 Å². The molecule has 0 saturated carbocycles. The molecule has 2 aliphatic rings. The van der Waals surface area contributed by atoms with E-state index in [0.717, 1.165) is 108 Å². The van der Waals surface area contributed by atoms with Gasteiger partial charge < -0.3 is 33.0 Å². The molecule has 88 heavy (non-hydrogen) atoms. The van der Waals surface area contributed by atoms with Crippen LogP contribution >= 0.6 is 0 Å². The Morgan fingerprint density at radius 3 is 1.25 bits per heavy atom. The second-order valence-corrected chi connectivity index (χ2v) is 20.7. The van der Waals surface area contributed by atoms with Crippen molar-refractivity contribution in [2.24, 2.45) is 0 Å². The summed E-state index contributed by atoms with van der Waals surface area (Å²) in [7, 11) is 0.